The molecule has 25 heavy (non-hydrogen) atoms. The maximum atomic E-state index is 13.0. The molecule has 0 N–H and O–H groups in total. The van der Waals surface area contributed by atoms with Crippen LogP contribution >= 0.6 is 0 Å². The number of likely N-dealkylation sites (tertiary alicyclic amines) is 1. The summed E-state index contributed by atoms with van der Waals surface area (Å²) in [6.45, 7) is 5.41. The molecule has 2 saturated heterocycles. The highest BCUT2D eigenvalue weighted by atomic mass is 19.1. The number of benzene rings is 1. The van der Waals surface area contributed by atoms with Gasteiger partial charge in [0.15, 0.2) is 0 Å². The van der Waals surface area contributed by atoms with Gasteiger partial charge in [-0.25, -0.2) is 4.39 Å². The molecule has 2 amide bonds. The van der Waals surface area contributed by atoms with Crippen LogP contribution in [0.1, 0.15) is 36.0 Å². The summed E-state index contributed by atoms with van der Waals surface area (Å²) in [5.41, 5.74) is 0.523. The highest BCUT2D eigenvalue weighted by Crippen LogP contribution is 2.12. The first-order valence-corrected chi connectivity index (χ1v) is 9.18. The van der Waals surface area contributed by atoms with Crippen molar-refractivity contribution in [2.45, 2.75) is 25.7 Å². The van der Waals surface area contributed by atoms with Crippen LogP contribution in [-0.4, -0.2) is 72.3 Å². The Morgan fingerprint density at radius 3 is 2.12 bits per heavy atom. The molecule has 5 nitrogen and oxygen atoms in total. The molecule has 0 saturated carbocycles. The average Bonchev–Trinajstić information content (AvgIpc) is 2.67. The predicted molar refractivity (Wildman–Crippen MR) is 93.8 cm³/mol. The molecule has 2 fully saturated rings. The quantitative estimate of drug-likeness (QED) is 0.837. The Morgan fingerprint density at radius 2 is 1.48 bits per heavy atom. The minimum absolute atomic E-state index is 0.0518. The summed E-state index contributed by atoms with van der Waals surface area (Å²) in [5, 5.41) is 0. The molecule has 0 unspecified atom stereocenters. The minimum Gasteiger partial charge on any atom is -0.343 e. The number of piperidine rings is 1. The number of carbonyl (C=O) groups excluding carboxylic acids is 2. The zero-order valence-electron chi connectivity index (χ0n) is 14.6. The molecule has 136 valence electrons. The Bertz CT molecular complexity index is 591. The van der Waals surface area contributed by atoms with Crippen molar-refractivity contribution in [1.29, 1.82) is 0 Å². The molecule has 0 spiro atoms. The predicted octanol–water partition coefficient (Wildman–Crippen LogP) is 1.99. The Balaban J connectivity index is 1.41. The smallest absolute Gasteiger partial charge is 0.253 e. The van der Waals surface area contributed by atoms with Gasteiger partial charge in [0.25, 0.3) is 5.91 Å². The normalized spacial score (nSPS) is 19.1. The molecule has 0 aliphatic carbocycles. The molecule has 2 aliphatic heterocycles. The van der Waals surface area contributed by atoms with E-state index in [0.717, 1.165) is 45.6 Å². The van der Waals surface area contributed by atoms with Crippen LogP contribution < -0.4 is 0 Å². The summed E-state index contributed by atoms with van der Waals surface area (Å²) in [5.74, 6) is -0.131. The minimum atomic E-state index is -0.334. The van der Waals surface area contributed by atoms with Crippen LogP contribution in [0.3, 0.4) is 0 Å². The van der Waals surface area contributed by atoms with E-state index < -0.39 is 0 Å². The van der Waals surface area contributed by atoms with Gasteiger partial charge in [-0.2, -0.15) is 0 Å². The highest BCUT2D eigenvalue weighted by Gasteiger charge is 2.23. The summed E-state index contributed by atoms with van der Waals surface area (Å²) in [4.78, 5) is 30.7. The van der Waals surface area contributed by atoms with Gasteiger partial charge in [0.2, 0.25) is 5.91 Å². The van der Waals surface area contributed by atoms with E-state index in [0.29, 0.717) is 25.1 Å². The molecule has 1 aromatic carbocycles. The molecular formula is C19H26FN3O2. The van der Waals surface area contributed by atoms with Gasteiger partial charge in [0, 0.05) is 57.8 Å². The second-order valence-electron chi connectivity index (χ2n) is 6.83. The van der Waals surface area contributed by atoms with Gasteiger partial charge in [0.05, 0.1) is 0 Å². The van der Waals surface area contributed by atoms with Crippen molar-refractivity contribution < 1.29 is 14.0 Å². The molecule has 3 rings (SSSR count). The van der Waals surface area contributed by atoms with Gasteiger partial charge in [-0.15, -0.1) is 0 Å². The van der Waals surface area contributed by atoms with Crippen molar-refractivity contribution in [3.8, 4) is 0 Å². The molecule has 2 aliphatic rings. The van der Waals surface area contributed by atoms with Crippen molar-refractivity contribution >= 4 is 11.8 Å². The summed E-state index contributed by atoms with van der Waals surface area (Å²) < 4.78 is 13.0. The van der Waals surface area contributed by atoms with Crippen molar-refractivity contribution in [1.82, 2.24) is 14.7 Å². The summed E-state index contributed by atoms with van der Waals surface area (Å²) >= 11 is 0. The van der Waals surface area contributed by atoms with Gasteiger partial charge < -0.3 is 9.80 Å². The number of carbonyl (C=O) groups is 2. The fraction of sp³-hybridized carbons (Fsp3) is 0.579. The first-order valence-electron chi connectivity index (χ1n) is 9.18. The van der Waals surface area contributed by atoms with E-state index in [9.17, 15) is 14.0 Å². The lowest BCUT2D eigenvalue weighted by Crippen LogP contribution is -2.49. The summed E-state index contributed by atoms with van der Waals surface area (Å²) in [7, 11) is 0. The molecule has 2 heterocycles. The number of hydrogen-bond acceptors (Lipinski definition) is 3. The van der Waals surface area contributed by atoms with Crippen molar-refractivity contribution in [3.05, 3.63) is 35.6 Å². The highest BCUT2D eigenvalue weighted by molar-refractivity contribution is 5.94. The second-order valence-corrected chi connectivity index (χ2v) is 6.83. The fourth-order valence-electron chi connectivity index (χ4n) is 3.50. The Morgan fingerprint density at radius 1 is 0.840 bits per heavy atom. The van der Waals surface area contributed by atoms with Crippen LogP contribution in [0, 0.1) is 5.82 Å². The summed E-state index contributed by atoms with van der Waals surface area (Å²) in [6, 6.07) is 5.69. The van der Waals surface area contributed by atoms with Crippen molar-refractivity contribution in [2.75, 3.05) is 45.8 Å². The third-order valence-corrected chi connectivity index (χ3v) is 5.10. The van der Waals surface area contributed by atoms with E-state index in [1.807, 2.05) is 4.90 Å². The first-order chi connectivity index (χ1) is 12.1. The lowest BCUT2D eigenvalue weighted by Gasteiger charge is -2.35. The Kier molecular flexibility index (Phi) is 6.02. The van der Waals surface area contributed by atoms with Crippen LogP contribution in [0.15, 0.2) is 24.3 Å². The Labute approximate surface area is 148 Å². The molecule has 0 atom stereocenters. The lowest BCUT2D eigenvalue weighted by atomic mass is 10.1. The van der Waals surface area contributed by atoms with E-state index >= 15 is 0 Å². The molecule has 6 heteroatoms. The number of rotatable bonds is 4. The molecule has 0 bridgehead atoms. The zero-order valence-corrected chi connectivity index (χ0v) is 14.6. The number of hydrogen-bond donors (Lipinski definition) is 0. The third-order valence-electron chi connectivity index (χ3n) is 5.10. The topological polar surface area (TPSA) is 43.9 Å². The van der Waals surface area contributed by atoms with Gasteiger partial charge >= 0.3 is 0 Å². The first kappa shape index (κ1) is 17.9. The van der Waals surface area contributed by atoms with Crippen molar-refractivity contribution in [2.24, 2.45) is 0 Å². The van der Waals surface area contributed by atoms with Crippen LogP contribution in [0.25, 0.3) is 0 Å². The van der Waals surface area contributed by atoms with Crippen molar-refractivity contribution in [3.63, 3.8) is 0 Å². The van der Waals surface area contributed by atoms with Gasteiger partial charge in [-0.1, -0.05) is 0 Å². The van der Waals surface area contributed by atoms with E-state index in [-0.39, 0.29) is 17.6 Å². The third kappa shape index (κ3) is 4.78. The molecule has 0 radical (unpaired) electrons. The number of amides is 2. The number of nitrogens with zero attached hydrogens (tertiary/aromatic N) is 3. The molecule has 1 aromatic rings. The average molecular weight is 347 g/mol. The maximum absolute atomic E-state index is 13.0. The largest absolute Gasteiger partial charge is 0.343 e. The van der Waals surface area contributed by atoms with Crippen LogP contribution in [0.2, 0.25) is 0 Å². The standard InChI is InChI=1S/C19H26FN3O2/c20-17-6-4-16(5-7-17)19(25)23-14-12-21(13-15-23)11-8-18(24)22-9-2-1-3-10-22/h4-7H,1-3,8-15H2. The van der Waals surface area contributed by atoms with E-state index in [1.165, 1.54) is 30.7 Å². The van der Waals surface area contributed by atoms with Crippen LogP contribution in [0.4, 0.5) is 4.39 Å². The Hall–Kier alpha value is -1.95. The fourth-order valence-corrected chi connectivity index (χ4v) is 3.50. The number of halogens is 1. The van der Waals surface area contributed by atoms with E-state index in [1.54, 1.807) is 4.90 Å². The second kappa shape index (κ2) is 8.43. The van der Waals surface area contributed by atoms with E-state index in [4.69, 9.17) is 0 Å². The molecule has 0 aromatic heterocycles. The maximum Gasteiger partial charge on any atom is 0.253 e. The van der Waals surface area contributed by atoms with Crippen LogP contribution in [-0.2, 0) is 4.79 Å². The van der Waals surface area contributed by atoms with E-state index in [2.05, 4.69) is 4.90 Å². The van der Waals surface area contributed by atoms with Crippen LogP contribution in [0.5, 0.6) is 0 Å². The zero-order chi connectivity index (χ0) is 17.6. The van der Waals surface area contributed by atoms with Gasteiger partial charge in [0.1, 0.15) is 5.82 Å². The molecular weight excluding hydrogens is 321 g/mol. The monoisotopic (exact) mass is 347 g/mol. The lowest BCUT2D eigenvalue weighted by molar-refractivity contribution is -0.132. The number of piperazine rings is 1. The van der Waals surface area contributed by atoms with Gasteiger partial charge in [-0.05, 0) is 43.5 Å². The SMILES string of the molecule is O=C(CCN1CCN(C(=O)c2ccc(F)cc2)CC1)N1CCCCC1. The van der Waals surface area contributed by atoms with Gasteiger partial charge in [-0.3, -0.25) is 14.5 Å². The summed E-state index contributed by atoms with van der Waals surface area (Å²) in [6.07, 6.45) is 4.03.